The molecule has 2 N–H and O–H groups in total. The van der Waals surface area contributed by atoms with E-state index in [-0.39, 0.29) is 29.0 Å². The zero-order valence-corrected chi connectivity index (χ0v) is 32.9. The van der Waals surface area contributed by atoms with Crippen molar-refractivity contribution in [3.05, 3.63) is 96.1 Å². The maximum Gasteiger partial charge on any atom is 0.255 e. The molecule has 5 heterocycles. The molecule has 1 unspecified atom stereocenters. The number of piperazine rings is 1. The number of imide groups is 1. The lowest BCUT2D eigenvalue weighted by Gasteiger charge is -2.36. The van der Waals surface area contributed by atoms with Crippen molar-refractivity contribution < 1.29 is 32.3 Å². The van der Waals surface area contributed by atoms with E-state index in [1.807, 2.05) is 53.4 Å². The quantitative estimate of drug-likeness (QED) is 0.126. The van der Waals surface area contributed by atoms with Gasteiger partial charge in [0.2, 0.25) is 23.7 Å². The van der Waals surface area contributed by atoms with Gasteiger partial charge >= 0.3 is 0 Å². The Morgan fingerprint density at radius 2 is 1.69 bits per heavy atom. The standard InChI is InChI=1S/C42H44N8O7S/c1-58(55,56)33-16-9-28(10-17-33)35-6-5-7-37-44-42(46-50(35)37)43-30-11-13-31(14-12-30)47-21-23-48(24-22-47)39(52)8-3-2-4-25-57-32-15-18-34-29(26-32)27-49(41(34)54)36-19-20-38(51)45-40(36)53/h5-7,9-18,26,36H,2-4,8,19-25,27H2,1H3,(H,43,46)(H,45,51,53). The number of hydrogen-bond donors (Lipinski definition) is 2. The predicted molar refractivity (Wildman–Crippen MR) is 217 cm³/mol. The van der Waals surface area contributed by atoms with E-state index in [1.54, 1.807) is 40.9 Å². The molecule has 1 atom stereocenters. The third-order valence-electron chi connectivity index (χ3n) is 10.9. The molecule has 16 heteroatoms. The number of carbonyl (C=O) groups excluding carboxylic acids is 4. The summed E-state index contributed by atoms with van der Waals surface area (Å²) in [6.45, 7) is 3.60. The fraction of sp³-hybridized carbons (Fsp3) is 0.333. The first-order valence-electron chi connectivity index (χ1n) is 19.5. The Labute approximate surface area is 335 Å². The van der Waals surface area contributed by atoms with Crippen molar-refractivity contribution >= 4 is 56.4 Å². The van der Waals surface area contributed by atoms with Crippen LogP contribution < -0.4 is 20.3 Å². The molecule has 0 spiro atoms. The summed E-state index contributed by atoms with van der Waals surface area (Å²) in [4.78, 5) is 60.4. The van der Waals surface area contributed by atoms with Crippen LogP contribution in [0.1, 0.15) is 54.4 Å². The Bertz CT molecular complexity index is 2480. The smallest absolute Gasteiger partial charge is 0.255 e. The number of carbonyl (C=O) groups is 4. The average Bonchev–Trinajstić information content (AvgIpc) is 3.78. The molecule has 0 radical (unpaired) electrons. The Balaban J connectivity index is 0.751. The number of fused-ring (bicyclic) bond motifs is 2. The largest absolute Gasteiger partial charge is 0.494 e. The number of hydrogen-bond acceptors (Lipinski definition) is 11. The van der Waals surface area contributed by atoms with Crippen molar-refractivity contribution in [1.82, 2.24) is 29.7 Å². The Morgan fingerprint density at radius 1 is 0.914 bits per heavy atom. The van der Waals surface area contributed by atoms with Gasteiger partial charge in [-0.3, -0.25) is 24.5 Å². The Hall–Kier alpha value is -6.29. The minimum atomic E-state index is -3.29. The molecular weight excluding hydrogens is 761 g/mol. The first kappa shape index (κ1) is 38.6. The Morgan fingerprint density at radius 3 is 2.43 bits per heavy atom. The molecule has 3 aliphatic rings. The van der Waals surface area contributed by atoms with E-state index in [4.69, 9.17) is 4.74 Å². The van der Waals surface area contributed by atoms with E-state index >= 15 is 0 Å². The number of pyridine rings is 1. The highest BCUT2D eigenvalue weighted by atomic mass is 32.2. The summed E-state index contributed by atoms with van der Waals surface area (Å²) in [5, 5.41) is 10.3. The molecule has 0 bridgehead atoms. The van der Waals surface area contributed by atoms with Crippen LogP contribution in [-0.4, -0.2) is 102 Å². The first-order valence-corrected chi connectivity index (χ1v) is 21.4. The second-order valence-corrected chi connectivity index (χ2v) is 16.8. The fourth-order valence-corrected chi connectivity index (χ4v) is 8.32. The number of unbranched alkanes of at least 4 members (excludes halogenated alkanes) is 2. The van der Waals surface area contributed by atoms with Gasteiger partial charge in [0.05, 0.1) is 17.2 Å². The van der Waals surface area contributed by atoms with Gasteiger partial charge in [0.15, 0.2) is 15.5 Å². The van der Waals surface area contributed by atoms with Gasteiger partial charge in [-0.25, -0.2) is 12.9 Å². The molecule has 8 rings (SSSR count). The van der Waals surface area contributed by atoms with Gasteiger partial charge in [0.25, 0.3) is 5.91 Å². The van der Waals surface area contributed by atoms with Gasteiger partial charge in [-0.15, -0.1) is 5.10 Å². The number of amides is 4. The maximum absolute atomic E-state index is 13.0. The van der Waals surface area contributed by atoms with Crippen molar-refractivity contribution in [2.75, 3.05) is 49.3 Å². The Kier molecular flexibility index (Phi) is 10.8. The summed E-state index contributed by atoms with van der Waals surface area (Å²) in [5.41, 5.74) is 5.52. The number of aromatic nitrogens is 3. The van der Waals surface area contributed by atoms with E-state index in [9.17, 15) is 27.6 Å². The molecule has 2 fully saturated rings. The van der Waals surface area contributed by atoms with Crippen molar-refractivity contribution in [1.29, 1.82) is 0 Å². The number of nitrogens with one attached hydrogen (secondary N) is 2. The number of rotatable bonds is 13. The van der Waals surface area contributed by atoms with E-state index in [0.717, 1.165) is 60.5 Å². The van der Waals surface area contributed by atoms with Crippen LogP contribution in [0, 0.1) is 0 Å². The zero-order valence-electron chi connectivity index (χ0n) is 32.1. The van der Waals surface area contributed by atoms with Crippen LogP contribution in [-0.2, 0) is 30.8 Å². The molecule has 3 aromatic carbocycles. The van der Waals surface area contributed by atoms with Gasteiger partial charge in [-0.05, 0) is 98.0 Å². The van der Waals surface area contributed by atoms with Gasteiger partial charge in [-0.1, -0.05) is 18.2 Å². The number of piperidine rings is 1. The molecule has 4 amide bonds. The summed E-state index contributed by atoms with van der Waals surface area (Å²) in [7, 11) is -3.29. The molecule has 15 nitrogen and oxygen atoms in total. The van der Waals surface area contributed by atoms with Gasteiger partial charge < -0.3 is 24.8 Å². The molecule has 0 saturated carbocycles. The minimum Gasteiger partial charge on any atom is -0.494 e. The predicted octanol–water partition coefficient (Wildman–Crippen LogP) is 4.59. The highest BCUT2D eigenvalue weighted by molar-refractivity contribution is 7.90. The fourth-order valence-electron chi connectivity index (χ4n) is 7.69. The van der Waals surface area contributed by atoms with Crippen LogP contribution in [0.3, 0.4) is 0 Å². The lowest BCUT2D eigenvalue weighted by Crippen LogP contribution is -2.52. The van der Waals surface area contributed by atoms with Crippen LogP contribution in [0.25, 0.3) is 16.9 Å². The third-order valence-corrected chi connectivity index (χ3v) is 12.0. The van der Waals surface area contributed by atoms with Crippen molar-refractivity contribution in [2.24, 2.45) is 0 Å². The van der Waals surface area contributed by atoms with Crippen molar-refractivity contribution in [3.8, 4) is 17.0 Å². The number of nitrogens with zero attached hydrogens (tertiary/aromatic N) is 6. The maximum atomic E-state index is 13.0. The molecule has 0 aliphatic carbocycles. The van der Waals surface area contributed by atoms with E-state index < -0.39 is 21.8 Å². The van der Waals surface area contributed by atoms with E-state index in [2.05, 4.69) is 25.6 Å². The third kappa shape index (κ3) is 8.37. The summed E-state index contributed by atoms with van der Waals surface area (Å²) < 4.78 is 31.5. The zero-order chi connectivity index (χ0) is 40.4. The van der Waals surface area contributed by atoms with E-state index in [0.29, 0.717) is 62.0 Å². The average molecular weight is 805 g/mol. The SMILES string of the molecule is CS(=O)(=O)c1ccc(-c2cccc3nc(Nc4ccc(N5CCN(C(=O)CCCCCOc6ccc7c(c6)CN(C6CCC(=O)NC6=O)C7=O)CC5)cc4)nn23)cc1. The van der Waals surface area contributed by atoms with Gasteiger partial charge in [0.1, 0.15) is 11.8 Å². The lowest BCUT2D eigenvalue weighted by atomic mass is 10.0. The molecule has 58 heavy (non-hydrogen) atoms. The highest BCUT2D eigenvalue weighted by Crippen LogP contribution is 2.31. The summed E-state index contributed by atoms with van der Waals surface area (Å²) in [5.74, 6) is 0.316. The second kappa shape index (κ2) is 16.3. The minimum absolute atomic E-state index is 0.165. The normalized spacial score (nSPS) is 17.1. The summed E-state index contributed by atoms with van der Waals surface area (Å²) in [6.07, 6.45) is 4.64. The van der Waals surface area contributed by atoms with Crippen LogP contribution >= 0.6 is 0 Å². The lowest BCUT2D eigenvalue weighted by molar-refractivity contribution is -0.137. The number of sulfone groups is 1. The van der Waals surface area contributed by atoms with Crippen LogP contribution in [0.4, 0.5) is 17.3 Å². The molecular formula is C42H44N8O7S. The van der Waals surface area contributed by atoms with E-state index in [1.165, 1.54) is 11.2 Å². The topological polar surface area (TPSA) is 176 Å². The van der Waals surface area contributed by atoms with Crippen LogP contribution in [0.2, 0.25) is 0 Å². The highest BCUT2D eigenvalue weighted by Gasteiger charge is 2.39. The van der Waals surface area contributed by atoms with Crippen LogP contribution in [0.15, 0.2) is 89.8 Å². The molecule has 2 aromatic heterocycles. The number of benzene rings is 3. The van der Waals surface area contributed by atoms with Gasteiger partial charge in [-0.2, -0.15) is 4.98 Å². The number of ether oxygens (including phenoxy) is 1. The molecule has 300 valence electrons. The summed E-state index contributed by atoms with van der Waals surface area (Å²) in [6, 6.07) is 25.1. The first-order chi connectivity index (χ1) is 28.0. The monoisotopic (exact) mass is 804 g/mol. The molecule has 3 aliphatic heterocycles. The van der Waals surface area contributed by atoms with Gasteiger partial charge in [0, 0.05) is 74.3 Å². The number of anilines is 3. The second-order valence-electron chi connectivity index (χ2n) is 14.8. The van der Waals surface area contributed by atoms with Crippen molar-refractivity contribution in [3.63, 3.8) is 0 Å². The molecule has 5 aromatic rings. The van der Waals surface area contributed by atoms with Crippen LogP contribution in [0.5, 0.6) is 5.75 Å². The molecule has 2 saturated heterocycles. The summed E-state index contributed by atoms with van der Waals surface area (Å²) >= 11 is 0. The van der Waals surface area contributed by atoms with Crippen molar-refractivity contribution in [2.45, 2.75) is 56.0 Å².